The van der Waals surface area contributed by atoms with Gasteiger partial charge in [0.1, 0.15) is 5.75 Å². The number of benzene rings is 2. The number of rotatable bonds is 4. The van der Waals surface area contributed by atoms with Gasteiger partial charge < -0.3 is 19.9 Å². The zero-order valence-electron chi connectivity index (χ0n) is 15.4. The van der Waals surface area contributed by atoms with Crippen molar-refractivity contribution in [2.75, 3.05) is 37.6 Å². The highest BCUT2D eigenvalue weighted by molar-refractivity contribution is 6.30. The Labute approximate surface area is 169 Å². The van der Waals surface area contributed by atoms with Gasteiger partial charge in [-0.3, -0.25) is 9.59 Å². The molecule has 0 bridgehead atoms. The number of halogens is 1. The minimum absolute atomic E-state index is 0.0128. The quantitative estimate of drug-likeness (QED) is 0.855. The first-order chi connectivity index (χ1) is 13.6. The minimum atomic E-state index is -0.615. The summed E-state index contributed by atoms with van der Waals surface area (Å²) in [4.78, 5) is 28.9. The van der Waals surface area contributed by atoms with Gasteiger partial charge in [0, 0.05) is 43.3 Å². The van der Waals surface area contributed by atoms with Gasteiger partial charge >= 0.3 is 0 Å². The van der Waals surface area contributed by atoms with Crippen LogP contribution in [0.2, 0.25) is 5.02 Å². The molecule has 146 valence electrons. The van der Waals surface area contributed by atoms with Crippen LogP contribution in [-0.2, 0) is 16.0 Å². The first-order valence-electron chi connectivity index (χ1n) is 9.41. The van der Waals surface area contributed by atoms with E-state index in [4.69, 9.17) is 16.3 Å². The molecule has 1 N–H and O–H groups in total. The standard InChI is InChI=1S/C21H22ClN3O3/c22-16-6-7-18-15(12-16)13-19(28-18)21(27)23-14-20(26)25-10-8-24(9-11-25)17-4-2-1-3-5-17/h1-7,12,19H,8-11,13-14H2,(H,23,27). The van der Waals surface area contributed by atoms with Crippen molar-refractivity contribution in [1.29, 1.82) is 0 Å². The van der Waals surface area contributed by atoms with E-state index in [1.807, 2.05) is 24.3 Å². The lowest BCUT2D eigenvalue weighted by Gasteiger charge is -2.36. The Morgan fingerprint density at radius 3 is 2.57 bits per heavy atom. The molecule has 0 radical (unpaired) electrons. The monoisotopic (exact) mass is 399 g/mol. The average molecular weight is 400 g/mol. The topological polar surface area (TPSA) is 61.9 Å². The van der Waals surface area contributed by atoms with Gasteiger partial charge in [0.15, 0.2) is 6.10 Å². The number of para-hydroxylation sites is 1. The van der Waals surface area contributed by atoms with Crippen LogP contribution in [0.1, 0.15) is 5.56 Å². The molecule has 6 nitrogen and oxygen atoms in total. The Hall–Kier alpha value is -2.73. The third-order valence-corrected chi connectivity index (χ3v) is 5.39. The fourth-order valence-electron chi connectivity index (χ4n) is 3.60. The van der Waals surface area contributed by atoms with Gasteiger partial charge in [-0.25, -0.2) is 0 Å². The van der Waals surface area contributed by atoms with Gasteiger partial charge in [0.05, 0.1) is 6.54 Å². The molecule has 0 aliphatic carbocycles. The summed E-state index contributed by atoms with van der Waals surface area (Å²) in [6, 6.07) is 15.5. The van der Waals surface area contributed by atoms with Crippen LogP contribution in [0.4, 0.5) is 5.69 Å². The van der Waals surface area contributed by atoms with E-state index >= 15 is 0 Å². The molecule has 2 aliphatic heterocycles. The Kier molecular flexibility index (Phi) is 5.39. The highest BCUT2D eigenvalue weighted by Crippen LogP contribution is 2.31. The van der Waals surface area contributed by atoms with E-state index in [1.54, 1.807) is 17.0 Å². The van der Waals surface area contributed by atoms with Crippen molar-refractivity contribution in [2.24, 2.45) is 0 Å². The molecular formula is C21H22ClN3O3. The first-order valence-corrected chi connectivity index (χ1v) is 9.78. The Bertz CT molecular complexity index is 866. The summed E-state index contributed by atoms with van der Waals surface area (Å²) in [5.74, 6) is 0.330. The van der Waals surface area contributed by atoms with E-state index in [1.165, 1.54) is 5.69 Å². The van der Waals surface area contributed by atoms with Crippen molar-refractivity contribution in [3.8, 4) is 5.75 Å². The van der Waals surface area contributed by atoms with Crippen molar-refractivity contribution < 1.29 is 14.3 Å². The number of fused-ring (bicyclic) bond motifs is 1. The van der Waals surface area contributed by atoms with E-state index in [-0.39, 0.29) is 18.4 Å². The smallest absolute Gasteiger partial charge is 0.261 e. The van der Waals surface area contributed by atoms with Gasteiger partial charge in [0.2, 0.25) is 5.91 Å². The third-order valence-electron chi connectivity index (χ3n) is 5.16. The lowest BCUT2D eigenvalue weighted by atomic mass is 10.1. The normalized spacial score (nSPS) is 18.4. The van der Waals surface area contributed by atoms with Crippen LogP contribution >= 0.6 is 11.6 Å². The molecule has 1 atom stereocenters. The summed E-state index contributed by atoms with van der Waals surface area (Å²) in [6.07, 6.45) is -0.151. The second-order valence-corrected chi connectivity index (χ2v) is 7.42. The SMILES string of the molecule is O=C(NCC(=O)N1CCN(c2ccccc2)CC1)C1Cc2cc(Cl)ccc2O1. The van der Waals surface area contributed by atoms with Crippen molar-refractivity contribution in [1.82, 2.24) is 10.2 Å². The van der Waals surface area contributed by atoms with Gasteiger partial charge in [-0.05, 0) is 35.9 Å². The van der Waals surface area contributed by atoms with Gasteiger partial charge in [0.25, 0.3) is 5.91 Å². The van der Waals surface area contributed by atoms with E-state index in [2.05, 4.69) is 22.3 Å². The number of carbonyl (C=O) groups is 2. The zero-order chi connectivity index (χ0) is 19.5. The van der Waals surface area contributed by atoms with Crippen LogP contribution in [0.5, 0.6) is 5.75 Å². The molecule has 4 rings (SSSR count). The Morgan fingerprint density at radius 1 is 1.07 bits per heavy atom. The summed E-state index contributed by atoms with van der Waals surface area (Å²) in [6.45, 7) is 2.85. The number of carbonyl (C=O) groups excluding carboxylic acids is 2. The summed E-state index contributed by atoms with van der Waals surface area (Å²) in [5, 5.41) is 3.33. The molecule has 0 saturated carbocycles. The largest absolute Gasteiger partial charge is 0.480 e. The van der Waals surface area contributed by atoms with E-state index in [0.29, 0.717) is 30.3 Å². The van der Waals surface area contributed by atoms with Crippen LogP contribution < -0.4 is 15.0 Å². The van der Waals surface area contributed by atoms with Crippen molar-refractivity contribution in [3.05, 3.63) is 59.1 Å². The maximum atomic E-state index is 12.5. The van der Waals surface area contributed by atoms with Crippen LogP contribution in [0.25, 0.3) is 0 Å². The molecule has 1 saturated heterocycles. The zero-order valence-corrected chi connectivity index (χ0v) is 16.2. The molecular weight excluding hydrogens is 378 g/mol. The number of amides is 2. The Morgan fingerprint density at radius 2 is 1.82 bits per heavy atom. The molecule has 0 aromatic heterocycles. The maximum absolute atomic E-state index is 12.5. The molecule has 28 heavy (non-hydrogen) atoms. The second kappa shape index (κ2) is 8.10. The summed E-state index contributed by atoms with van der Waals surface area (Å²) >= 11 is 5.98. The second-order valence-electron chi connectivity index (χ2n) is 6.98. The average Bonchev–Trinajstić information content (AvgIpc) is 3.16. The predicted octanol–water partition coefficient (Wildman–Crippen LogP) is 2.11. The lowest BCUT2D eigenvalue weighted by molar-refractivity contribution is -0.134. The first kappa shape index (κ1) is 18.6. The molecule has 1 unspecified atom stereocenters. The third kappa shape index (κ3) is 4.07. The molecule has 2 aliphatic rings. The van der Waals surface area contributed by atoms with Crippen LogP contribution in [0.15, 0.2) is 48.5 Å². The number of ether oxygens (including phenoxy) is 1. The minimum Gasteiger partial charge on any atom is -0.480 e. The number of hydrogen-bond donors (Lipinski definition) is 1. The number of anilines is 1. The van der Waals surface area contributed by atoms with Gasteiger partial charge in [-0.15, -0.1) is 0 Å². The fourth-order valence-corrected chi connectivity index (χ4v) is 3.80. The predicted molar refractivity (Wildman–Crippen MR) is 108 cm³/mol. The summed E-state index contributed by atoms with van der Waals surface area (Å²) in [7, 11) is 0. The molecule has 2 heterocycles. The molecule has 2 amide bonds. The highest BCUT2D eigenvalue weighted by Gasteiger charge is 2.30. The van der Waals surface area contributed by atoms with Gasteiger partial charge in [-0.2, -0.15) is 0 Å². The van der Waals surface area contributed by atoms with Crippen LogP contribution in [0, 0.1) is 0 Å². The van der Waals surface area contributed by atoms with E-state index in [0.717, 1.165) is 18.7 Å². The number of piperazine rings is 1. The van der Waals surface area contributed by atoms with Crippen molar-refractivity contribution in [3.63, 3.8) is 0 Å². The molecule has 7 heteroatoms. The Balaban J connectivity index is 1.23. The summed E-state index contributed by atoms with van der Waals surface area (Å²) < 4.78 is 5.66. The van der Waals surface area contributed by atoms with Crippen molar-refractivity contribution in [2.45, 2.75) is 12.5 Å². The van der Waals surface area contributed by atoms with Gasteiger partial charge in [-0.1, -0.05) is 29.8 Å². The number of nitrogens with one attached hydrogen (secondary N) is 1. The fraction of sp³-hybridized carbons (Fsp3) is 0.333. The lowest BCUT2D eigenvalue weighted by Crippen LogP contribution is -2.52. The number of nitrogens with zero attached hydrogens (tertiary/aromatic N) is 2. The number of hydrogen-bond acceptors (Lipinski definition) is 4. The van der Waals surface area contributed by atoms with Crippen molar-refractivity contribution >= 4 is 29.1 Å². The highest BCUT2D eigenvalue weighted by atomic mass is 35.5. The summed E-state index contributed by atoms with van der Waals surface area (Å²) in [5.41, 5.74) is 2.08. The van der Waals surface area contributed by atoms with E-state index < -0.39 is 6.10 Å². The maximum Gasteiger partial charge on any atom is 0.261 e. The van der Waals surface area contributed by atoms with Crippen LogP contribution in [0.3, 0.4) is 0 Å². The molecule has 2 aromatic rings. The molecule has 0 spiro atoms. The van der Waals surface area contributed by atoms with E-state index in [9.17, 15) is 9.59 Å². The molecule has 1 fully saturated rings. The molecule has 2 aromatic carbocycles. The van der Waals surface area contributed by atoms with Crippen LogP contribution in [-0.4, -0.2) is 55.5 Å².